The van der Waals surface area contributed by atoms with Crippen LogP contribution in [0.1, 0.15) is 32.0 Å². The highest BCUT2D eigenvalue weighted by molar-refractivity contribution is 5.89. The van der Waals surface area contributed by atoms with E-state index in [1.54, 1.807) is 0 Å². The van der Waals surface area contributed by atoms with Gasteiger partial charge in [0.1, 0.15) is 5.82 Å². The molecule has 1 aromatic heterocycles. The Labute approximate surface area is 178 Å². The molecule has 1 aliphatic rings. The minimum Gasteiger partial charge on any atom is -0.378 e. The normalized spacial score (nSPS) is 14.3. The maximum atomic E-state index is 12.1. The molecule has 3 rings (SSSR count). The van der Waals surface area contributed by atoms with Crippen LogP contribution in [-0.4, -0.2) is 55.4 Å². The van der Waals surface area contributed by atoms with Crippen molar-refractivity contribution in [1.82, 2.24) is 15.3 Å². The molecule has 1 saturated heterocycles. The van der Waals surface area contributed by atoms with Crippen LogP contribution in [0.25, 0.3) is 0 Å². The molecule has 1 aliphatic heterocycles. The van der Waals surface area contributed by atoms with Gasteiger partial charge in [-0.2, -0.15) is 4.98 Å². The largest absolute Gasteiger partial charge is 0.378 e. The lowest BCUT2D eigenvalue weighted by Crippen LogP contribution is -2.37. The lowest BCUT2D eigenvalue weighted by Gasteiger charge is -2.28. The highest BCUT2D eigenvalue weighted by Gasteiger charge is 2.15. The smallest absolute Gasteiger partial charge is 0.319 e. The monoisotopic (exact) mass is 412 g/mol. The fraction of sp³-hybridized carbons (Fsp3) is 0.500. The van der Waals surface area contributed by atoms with Crippen molar-refractivity contribution >= 4 is 23.5 Å². The summed E-state index contributed by atoms with van der Waals surface area (Å²) in [4.78, 5) is 23.3. The zero-order chi connectivity index (χ0) is 21.6. The Morgan fingerprint density at radius 3 is 2.47 bits per heavy atom. The van der Waals surface area contributed by atoms with Crippen LogP contribution in [0, 0.1) is 6.92 Å². The van der Waals surface area contributed by atoms with Crippen molar-refractivity contribution in [2.45, 2.75) is 33.1 Å². The molecule has 8 heteroatoms. The second-order valence-corrected chi connectivity index (χ2v) is 8.43. The zero-order valence-corrected chi connectivity index (χ0v) is 18.3. The van der Waals surface area contributed by atoms with Crippen LogP contribution < -0.4 is 20.9 Å². The zero-order valence-electron chi connectivity index (χ0n) is 18.3. The van der Waals surface area contributed by atoms with Crippen molar-refractivity contribution in [2.24, 2.45) is 0 Å². The molecule has 0 radical (unpaired) electrons. The van der Waals surface area contributed by atoms with Gasteiger partial charge in [0.2, 0.25) is 5.95 Å². The van der Waals surface area contributed by atoms with Crippen LogP contribution in [0.5, 0.6) is 0 Å². The Morgan fingerprint density at radius 1 is 1.10 bits per heavy atom. The van der Waals surface area contributed by atoms with Gasteiger partial charge in [0.15, 0.2) is 0 Å². The van der Waals surface area contributed by atoms with Gasteiger partial charge in [-0.25, -0.2) is 9.78 Å². The second-order valence-electron chi connectivity index (χ2n) is 8.43. The summed E-state index contributed by atoms with van der Waals surface area (Å²) >= 11 is 0. The Hall–Kier alpha value is -2.87. The molecule has 2 amide bonds. The number of carbonyl (C=O) groups excluding carboxylic acids is 1. The maximum Gasteiger partial charge on any atom is 0.319 e. The number of anilines is 3. The predicted molar refractivity (Wildman–Crippen MR) is 120 cm³/mol. The van der Waals surface area contributed by atoms with Gasteiger partial charge in [0.05, 0.1) is 13.2 Å². The standard InChI is InChI=1S/C22H32N6O2/c1-16-15-19(28-11-13-30-14-12-28)27-20(25-16)23-9-10-24-21(29)26-18-7-5-17(6-8-18)22(2,3)4/h5-8,15H,9-14H2,1-4H3,(H,23,25,27)(H2,24,26,29). The molecule has 1 aromatic carbocycles. The average Bonchev–Trinajstić information content (AvgIpc) is 2.71. The number of hydrogen-bond acceptors (Lipinski definition) is 6. The number of carbonyl (C=O) groups is 1. The van der Waals surface area contributed by atoms with Gasteiger partial charge in [-0.05, 0) is 30.0 Å². The van der Waals surface area contributed by atoms with E-state index in [2.05, 4.69) is 51.6 Å². The number of nitrogens with zero attached hydrogens (tertiary/aromatic N) is 3. The van der Waals surface area contributed by atoms with Crippen molar-refractivity contribution in [3.63, 3.8) is 0 Å². The Kier molecular flexibility index (Phi) is 7.10. The van der Waals surface area contributed by atoms with E-state index in [0.29, 0.717) is 32.3 Å². The van der Waals surface area contributed by atoms with Crippen LogP contribution >= 0.6 is 0 Å². The summed E-state index contributed by atoms with van der Waals surface area (Å²) in [6.07, 6.45) is 0. The summed E-state index contributed by atoms with van der Waals surface area (Å²) < 4.78 is 5.40. The van der Waals surface area contributed by atoms with Crippen LogP contribution in [-0.2, 0) is 10.2 Å². The maximum absolute atomic E-state index is 12.1. The van der Waals surface area contributed by atoms with Gasteiger partial charge in [-0.3, -0.25) is 0 Å². The highest BCUT2D eigenvalue weighted by atomic mass is 16.5. The first-order valence-electron chi connectivity index (χ1n) is 10.4. The fourth-order valence-corrected chi connectivity index (χ4v) is 3.16. The van der Waals surface area contributed by atoms with Gasteiger partial charge < -0.3 is 25.6 Å². The lowest BCUT2D eigenvalue weighted by molar-refractivity contribution is 0.122. The van der Waals surface area contributed by atoms with Gasteiger partial charge in [0, 0.05) is 43.6 Å². The van der Waals surface area contributed by atoms with E-state index < -0.39 is 0 Å². The third-order valence-corrected chi connectivity index (χ3v) is 4.88. The van der Waals surface area contributed by atoms with Gasteiger partial charge in [0.25, 0.3) is 0 Å². The number of morpholine rings is 1. The summed E-state index contributed by atoms with van der Waals surface area (Å²) in [5, 5.41) is 8.88. The number of nitrogens with one attached hydrogen (secondary N) is 3. The molecule has 0 spiro atoms. The molecule has 2 aromatic rings. The first-order valence-corrected chi connectivity index (χ1v) is 10.4. The SMILES string of the molecule is Cc1cc(N2CCOCC2)nc(NCCNC(=O)Nc2ccc(C(C)(C)C)cc2)n1. The molecule has 162 valence electrons. The van der Waals surface area contributed by atoms with Crippen molar-refractivity contribution in [3.05, 3.63) is 41.6 Å². The Morgan fingerprint density at radius 2 is 1.80 bits per heavy atom. The molecular weight excluding hydrogens is 380 g/mol. The van der Waals surface area contributed by atoms with E-state index in [4.69, 9.17) is 4.74 Å². The summed E-state index contributed by atoms with van der Waals surface area (Å²) in [7, 11) is 0. The predicted octanol–water partition coefficient (Wildman–Crippen LogP) is 3.15. The van der Waals surface area contributed by atoms with Gasteiger partial charge >= 0.3 is 6.03 Å². The molecular formula is C22H32N6O2. The molecule has 0 aliphatic carbocycles. The topological polar surface area (TPSA) is 91.4 Å². The van der Waals surface area contributed by atoms with E-state index in [1.165, 1.54) is 5.56 Å². The molecule has 0 saturated carbocycles. The average molecular weight is 413 g/mol. The molecule has 0 atom stereocenters. The van der Waals surface area contributed by atoms with Gasteiger partial charge in [-0.15, -0.1) is 0 Å². The number of rotatable bonds is 6. The lowest BCUT2D eigenvalue weighted by atomic mass is 9.87. The Bertz CT molecular complexity index is 842. The van der Waals surface area contributed by atoms with Crippen molar-refractivity contribution in [2.75, 3.05) is 54.9 Å². The van der Waals surface area contributed by atoms with Crippen LogP contribution in [0.2, 0.25) is 0 Å². The summed E-state index contributed by atoms with van der Waals surface area (Å²) in [5.41, 5.74) is 2.99. The Balaban J connectivity index is 1.44. The number of aryl methyl sites for hydroxylation is 1. The number of amides is 2. The number of hydrogen-bond donors (Lipinski definition) is 3. The molecule has 2 heterocycles. The number of aromatic nitrogens is 2. The quantitative estimate of drug-likeness (QED) is 0.632. The number of urea groups is 1. The van der Waals surface area contributed by atoms with Crippen molar-refractivity contribution in [3.8, 4) is 0 Å². The van der Waals surface area contributed by atoms with E-state index in [-0.39, 0.29) is 11.4 Å². The molecule has 1 fully saturated rings. The molecule has 0 bridgehead atoms. The summed E-state index contributed by atoms with van der Waals surface area (Å²) in [6.45, 7) is 12.5. The molecule has 3 N–H and O–H groups in total. The van der Waals surface area contributed by atoms with Crippen LogP contribution in [0.4, 0.5) is 22.2 Å². The highest BCUT2D eigenvalue weighted by Crippen LogP contribution is 2.23. The van der Waals surface area contributed by atoms with Gasteiger partial charge in [-0.1, -0.05) is 32.9 Å². The number of benzene rings is 1. The van der Waals surface area contributed by atoms with Crippen LogP contribution in [0.3, 0.4) is 0 Å². The minimum atomic E-state index is -0.237. The number of ether oxygens (including phenoxy) is 1. The van der Waals surface area contributed by atoms with Crippen LogP contribution in [0.15, 0.2) is 30.3 Å². The van der Waals surface area contributed by atoms with E-state index in [0.717, 1.165) is 30.3 Å². The first kappa shape index (κ1) is 21.8. The van der Waals surface area contributed by atoms with Crippen molar-refractivity contribution in [1.29, 1.82) is 0 Å². The summed E-state index contributed by atoms with van der Waals surface area (Å²) in [6, 6.07) is 9.67. The van der Waals surface area contributed by atoms with E-state index in [9.17, 15) is 4.79 Å². The molecule has 8 nitrogen and oxygen atoms in total. The third kappa shape index (κ3) is 6.32. The third-order valence-electron chi connectivity index (χ3n) is 4.88. The van der Waals surface area contributed by atoms with E-state index in [1.807, 2.05) is 37.3 Å². The summed E-state index contributed by atoms with van der Waals surface area (Å²) in [5.74, 6) is 1.47. The van der Waals surface area contributed by atoms with Crippen molar-refractivity contribution < 1.29 is 9.53 Å². The molecule has 0 unspecified atom stereocenters. The fourth-order valence-electron chi connectivity index (χ4n) is 3.16. The second kappa shape index (κ2) is 9.75. The van der Waals surface area contributed by atoms with E-state index >= 15 is 0 Å². The molecule has 30 heavy (non-hydrogen) atoms. The first-order chi connectivity index (χ1) is 14.3. The minimum absolute atomic E-state index is 0.0892.